The van der Waals surface area contributed by atoms with E-state index in [1.54, 1.807) is 0 Å². The molecule has 5 nitrogen and oxygen atoms in total. The fraction of sp³-hybridized carbons (Fsp3) is 0.375. The Bertz CT molecular complexity index is 762. The Morgan fingerprint density at radius 3 is 2.68 bits per heavy atom. The van der Waals surface area contributed by atoms with Crippen molar-refractivity contribution in [2.24, 2.45) is 5.41 Å². The van der Waals surface area contributed by atoms with Crippen molar-refractivity contribution in [1.82, 2.24) is 9.88 Å². The maximum Gasteiger partial charge on any atom is 0.311 e. The number of hydrogen-bond donors (Lipinski definition) is 2. The summed E-state index contributed by atoms with van der Waals surface area (Å²) in [6.07, 6.45) is 1.28. The summed E-state index contributed by atoms with van der Waals surface area (Å²) < 4.78 is 2.93. The number of rotatable bonds is 5. The predicted molar refractivity (Wildman–Crippen MR) is 86.7 cm³/mol. The molecule has 0 atom stereocenters. The zero-order valence-electron chi connectivity index (χ0n) is 12.2. The molecule has 2 aromatic rings. The van der Waals surface area contributed by atoms with E-state index in [9.17, 15) is 9.59 Å². The van der Waals surface area contributed by atoms with Gasteiger partial charge in [-0.25, -0.2) is 0 Å². The molecule has 1 aliphatic carbocycles. The monoisotopic (exact) mass is 364 g/mol. The Morgan fingerprint density at radius 1 is 1.36 bits per heavy atom. The number of carboxylic acid groups (broad SMARTS) is 1. The fourth-order valence-corrected chi connectivity index (χ4v) is 3.23. The van der Waals surface area contributed by atoms with Crippen LogP contribution in [-0.2, 0) is 16.1 Å². The molecule has 0 spiro atoms. The molecule has 0 bridgehead atoms. The van der Waals surface area contributed by atoms with Gasteiger partial charge in [-0.15, -0.1) is 0 Å². The Morgan fingerprint density at radius 2 is 2.05 bits per heavy atom. The molecular formula is C16H17BrN2O3. The van der Waals surface area contributed by atoms with Gasteiger partial charge in [0.2, 0.25) is 5.91 Å². The van der Waals surface area contributed by atoms with Crippen LogP contribution in [0.1, 0.15) is 18.5 Å². The largest absolute Gasteiger partial charge is 0.481 e. The number of hydrogen-bond acceptors (Lipinski definition) is 2. The summed E-state index contributed by atoms with van der Waals surface area (Å²) >= 11 is 3.56. The van der Waals surface area contributed by atoms with Gasteiger partial charge in [0.25, 0.3) is 0 Å². The number of benzene rings is 1. The number of aliphatic carboxylic acids is 1. The molecule has 116 valence electrons. The Labute approximate surface area is 136 Å². The van der Waals surface area contributed by atoms with Gasteiger partial charge in [-0.2, -0.15) is 0 Å². The third-order valence-electron chi connectivity index (χ3n) is 4.39. The average molecular weight is 365 g/mol. The van der Waals surface area contributed by atoms with Crippen molar-refractivity contribution in [3.8, 4) is 0 Å². The van der Waals surface area contributed by atoms with Crippen molar-refractivity contribution in [1.29, 1.82) is 0 Å². The summed E-state index contributed by atoms with van der Waals surface area (Å²) in [5.41, 5.74) is 1.24. The van der Waals surface area contributed by atoms with E-state index in [4.69, 9.17) is 5.11 Å². The summed E-state index contributed by atoms with van der Waals surface area (Å²) in [7, 11) is 0. The van der Waals surface area contributed by atoms with E-state index >= 15 is 0 Å². The van der Waals surface area contributed by atoms with Crippen LogP contribution in [0, 0.1) is 12.3 Å². The predicted octanol–water partition coefficient (Wildman–Crippen LogP) is 2.69. The second-order valence-electron chi connectivity index (χ2n) is 5.86. The first-order valence-corrected chi connectivity index (χ1v) is 7.97. The lowest BCUT2D eigenvalue weighted by molar-refractivity contribution is -0.143. The zero-order valence-corrected chi connectivity index (χ0v) is 13.8. The van der Waals surface area contributed by atoms with E-state index in [-0.39, 0.29) is 19.0 Å². The van der Waals surface area contributed by atoms with Gasteiger partial charge in [-0.3, -0.25) is 9.59 Å². The highest BCUT2D eigenvalue weighted by Crippen LogP contribution is 2.45. The summed E-state index contributed by atoms with van der Waals surface area (Å²) in [5.74, 6) is -0.984. The molecule has 1 saturated carbocycles. The zero-order chi connectivity index (χ0) is 15.9. The quantitative estimate of drug-likeness (QED) is 0.856. The molecular weight excluding hydrogens is 348 g/mol. The van der Waals surface area contributed by atoms with E-state index < -0.39 is 11.4 Å². The smallest absolute Gasteiger partial charge is 0.311 e. The third kappa shape index (κ3) is 2.52. The maximum atomic E-state index is 12.2. The Hall–Kier alpha value is -1.82. The normalized spacial score (nSPS) is 15.7. The number of carboxylic acids is 1. The minimum absolute atomic E-state index is 0.163. The van der Waals surface area contributed by atoms with Crippen molar-refractivity contribution < 1.29 is 14.7 Å². The van der Waals surface area contributed by atoms with Crippen LogP contribution in [0.2, 0.25) is 0 Å². The van der Waals surface area contributed by atoms with Crippen molar-refractivity contribution in [3.63, 3.8) is 0 Å². The van der Waals surface area contributed by atoms with Gasteiger partial charge < -0.3 is 15.0 Å². The molecule has 1 heterocycles. The van der Waals surface area contributed by atoms with Crippen LogP contribution in [0.5, 0.6) is 0 Å². The number of halogens is 1. The average Bonchev–Trinajstić information content (AvgIpc) is 3.26. The van der Waals surface area contributed by atoms with Crippen LogP contribution in [0.4, 0.5) is 0 Å². The minimum atomic E-state index is -0.821. The number of amides is 1. The second-order valence-corrected chi connectivity index (χ2v) is 6.66. The molecule has 1 amide bonds. The van der Waals surface area contributed by atoms with Crippen LogP contribution < -0.4 is 5.32 Å². The van der Waals surface area contributed by atoms with E-state index in [2.05, 4.69) is 21.2 Å². The number of fused-ring (bicyclic) bond motifs is 1. The molecule has 1 aromatic heterocycles. The molecule has 1 fully saturated rings. The number of carbonyl (C=O) groups is 2. The van der Waals surface area contributed by atoms with Crippen molar-refractivity contribution >= 4 is 38.7 Å². The van der Waals surface area contributed by atoms with Gasteiger partial charge in [0.05, 0.1) is 5.41 Å². The molecule has 2 N–H and O–H groups in total. The van der Waals surface area contributed by atoms with E-state index in [1.807, 2.05) is 35.8 Å². The molecule has 6 heteroatoms. The van der Waals surface area contributed by atoms with E-state index in [1.165, 1.54) is 0 Å². The second kappa shape index (κ2) is 5.43. The van der Waals surface area contributed by atoms with Crippen LogP contribution in [0.3, 0.4) is 0 Å². The van der Waals surface area contributed by atoms with Gasteiger partial charge in [0, 0.05) is 27.6 Å². The SMILES string of the molecule is Cc1c(Br)c2ccccc2n1CC(=O)NCC1(C(=O)O)CC1. The van der Waals surface area contributed by atoms with Gasteiger partial charge in [0.15, 0.2) is 0 Å². The standard InChI is InChI=1S/C16H17BrN2O3/c1-10-14(17)11-4-2-3-5-12(11)19(10)8-13(20)18-9-16(6-7-16)15(21)22/h2-5H,6-9H2,1H3,(H,18,20)(H,21,22). The number of nitrogens with one attached hydrogen (secondary N) is 1. The molecule has 1 aliphatic rings. The highest BCUT2D eigenvalue weighted by molar-refractivity contribution is 9.10. The van der Waals surface area contributed by atoms with Crippen LogP contribution in [0.15, 0.2) is 28.7 Å². The molecule has 0 aliphatic heterocycles. The van der Waals surface area contributed by atoms with Crippen LogP contribution >= 0.6 is 15.9 Å². The van der Waals surface area contributed by atoms with Crippen molar-refractivity contribution in [2.45, 2.75) is 26.3 Å². The first-order valence-electron chi connectivity index (χ1n) is 7.18. The van der Waals surface area contributed by atoms with Crippen molar-refractivity contribution in [3.05, 3.63) is 34.4 Å². The molecule has 0 radical (unpaired) electrons. The summed E-state index contributed by atoms with van der Waals surface area (Å²) in [6.45, 7) is 2.35. The van der Waals surface area contributed by atoms with Crippen LogP contribution in [-0.4, -0.2) is 28.1 Å². The molecule has 0 unspecified atom stereocenters. The summed E-state index contributed by atoms with van der Waals surface area (Å²) in [4.78, 5) is 23.3. The number of aromatic nitrogens is 1. The first-order chi connectivity index (χ1) is 10.4. The van der Waals surface area contributed by atoms with Gasteiger partial charge >= 0.3 is 5.97 Å². The highest BCUT2D eigenvalue weighted by atomic mass is 79.9. The Balaban J connectivity index is 1.75. The number of para-hydroxylation sites is 1. The van der Waals surface area contributed by atoms with Gasteiger partial charge in [-0.05, 0) is 41.8 Å². The van der Waals surface area contributed by atoms with Gasteiger partial charge in [-0.1, -0.05) is 18.2 Å². The van der Waals surface area contributed by atoms with Crippen LogP contribution in [0.25, 0.3) is 10.9 Å². The lowest BCUT2D eigenvalue weighted by Crippen LogP contribution is -2.36. The van der Waals surface area contributed by atoms with Crippen molar-refractivity contribution in [2.75, 3.05) is 6.54 Å². The molecule has 1 aromatic carbocycles. The molecule has 22 heavy (non-hydrogen) atoms. The number of carbonyl (C=O) groups excluding carboxylic acids is 1. The number of nitrogens with zero attached hydrogens (tertiary/aromatic N) is 1. The van der Waals surface area contributed by atoms with E-state index in [0.717, 1.165) is 21.1 Å². The lowest BCUT2D eigenvalue weighted by Gasteiger charge is -2.13. The van der Waals surface area contributed by atoms with E-state index in [0.29, 0.717) is 12.8 Å². The Kier molecular flexibility index (Phi) is 3.72. The minimum Gasteiger partial charge on any atom is -0.481 e. The topological polar surface area (TPSA) is 71.3 Å². The molecule has 0 saturated heterocycles. The summed E-state index contributed by atoms with van der Waals surface area (Å²) in [6, 6.07) is 7.87. The lowest BCUT2D eigenvalue weighted by atomic mass is 10.1. The first kappa shape index (κ1) is 15.1. The maximum absolute atomic E-state index is 12.2. The third-order valence-corrected chi connectivity index (χ3v) is 5.39. The molecule has 3 rings (SSSR count). The summed E-state index contributed by atoms with van der Waals surface area (Å²) in [5, 5.41) is 13.0. The fourth-order valence-electron chi connectivity index (χ4n) is 2.68. The highest BCUT2D eigenvalue weighted by Gasteiger charge is 2.50. The van der Waals surface area contributed by atoms with Gasteiger partial charge in [0.1, 0.15) is 6.54 Å².